The van der Waals surface area contributed by atoms with Crippen LogP contribution in [-0.2, 0) is 4.74 Å². The Morgan fingerprint density at radius 3 is 2.94 bits per heavy atom. The smallest absolute Gasteiger partial charge is 0.338 e. The fourth-order valence-electron chi connectivity index (χ4n) is 1.37. The molecule has 0 spiro atoms. The van der Waals surface area contributed by atoms with Crippen LogP contribution >= 0.6 is 15.9 Å². The molecule has 92 valence electrons. The van der Waals surface area contributed by atoms with E-state index in [1.54, 1.807) is 30.7 Å². The van der Waals surface area contributed by atoms with E-state index >= 15 is 0 Å². The Morgan fingerprint density at radius 1 is 1.39 bits per heavy atom. The highest BCUT2D eigenvalue weighted by Gasteiger charge is 2.06. The molecule has 2 heterocycles. The number of carbonyl (C=O) groups excluding carboxylic acids is 1. The highest BCUT2D eigenvalue weighted by molar-refractivity contribution is 9.10. The summed E-state index contributed by atoms with van der Waals surface area (Å²) in [6, 6.07) is 5.07. The maximum absolute atomic E-state index is 11.4. The van der Waals surface area contributed by atoms with Crippen molar-refractivity contribution in [3.63, 3.8) is 0 Å². The van der Waals surface area contributed by atoms with Gasteiger partial charge < -0.3 is 10.1 Å². The third-order valence-electron chi connectivity index (χ3n) is 2.16. The normalized spacial score (nSPS) is 9.89. The summed E-state index contributed by atoms with van der Waals surface area (Å²) in [5.41, 5.74) is 1.22. The van der Waals surface area contributed by atoms with E-state index in [2.05, 4.69) is 36.0 Å². The summed E-state index contributed by atoms with van der Waals surface area (Å²) in [6.07, 6.45) is 4.89. The van der Waals surface area contributed by atoms with Crippen LogP contribution in [0.5, 0.6) is 0 Å². The van der Waals surface area contributed by atoms with Crippen LogP contribution < -0.4 is 5.32 Å². The molecule has 0 saturated carbocycles. The number of pyridine rings is 2. The number of halogens is 1. The van der Waals surface area contributed by atoms with Gasteiger partial charge in [0.15, 0.2) is 0 Å². The quantitative estimate of drug-likeness (QED) is 0.883. The second-order valence-electron chi connectivity index (χ2n) is 3.44. The highest BCUT2D eigenvalue weighted by Crippen LogP contribution is 2.18. The number of esters is 1. The van der Waals surface area contributed by atoms with Crippen molar-refractivity contribution >= 4 is 33.4 Å². The molecule has 2 aromatic rings. The number of methoxy groups -OCH3 is 1. The minimum Gasteiger partial charge on any atom is -0.465 e. The summed E-state index contributed by atoms with van der Waals surface area (Å²) in [4.78, 5) is 19.5. The molecule has 6 heteroatoms. The molecular weight excluding hydrogens is 298 g/mol. The molecule has 0 aliphatic carbocycles. The van der Waals surface area contributed by atoms with Gasteiger partial charge in [-0.3, -0.25) is 4.98 Å². The van der Waals surface area contributed by atoms with Crippen molar-refractivity contribution < 1.29 is 9.53 Å². The molecule has 0 unspecified atom stereocenters. The molecule has 0 atom stereocenters. The molecule has 2 rings (SSSR count). The molecule has 0 aliphatic rings. The van der Waals surface area contributed by atoms with Crippen LogP contribution in [0.3, 0.4) is 0 Å². The van der Waals surface area contributed by atoms with Crippen molar-refractivity contribution in [3.05, 3.63) is 46.8 Å². The number of rotatable bonds is 3. The maximum Gasteiger partial charge on any atom is 0.338 e. The van der Waals surface area contributed by atoms with E-state index in [-0.39, 0.29) is 0 Å². The number of nitrogens with one attached hydrogen (secondary N) is 1. The van der Waals surface area contributed by atoms with Gasteiger partial charge in [0, 0.05) is 16.9 Å². The number of ether oxygens (including phenoxy) is 1. The first-order valence-corrected chi connectivity index (χ1v) is 5.90. The van der Waals surface area contributed by atoms with Crippen LogP contribution in [0.2, 0.25) is 0 Å². The summed E-state index contributed by atoms with van der Waals surface area (Å²) < 4.78 is 5.50. The van der Waals surface area contributed by atoms with Crippen LogP contribution in [0, 0.1) is 0 Å². The van der Waals surface area contributed by atoms with Crippen molar-refractivity contribution in [1.29, 1.82) is 0 Å². The predicted octanol–water partition coefficient (Wildman–Crippen LogP) is 2.77. The van der Waals surface area contributed by atoms with E-state index in [1.807, 2.05) is 6.07 Å². The summed E-state index contributed by atoms with van der Waals surface area (Å²) in [7, 11) is 1.34. The van der Waals surface area contributed by atoms with Gasteiger partial charge in [0.25, 0.3) is 0 Å². The maximum atomic E-state index is 11.4. The van der Waals surface area contributed by atoms with Crippen molar-refractivity contribution in [3.8, 4) is 0 Å². The zero-order chi connectivity index (χ0) is 13.0. The van der Waals surface area contributed by atoms with Gasteiger partial charge in [-0.15, -0.1) is 0 Å². The average Bonchev–Trinajstić information content (AvgIpc) is 2.38. The minimum absolute atomic E-state index is 0.396. The lowest BCUT2D eigenvalue weighted by atomic mass is 10.2. The average molecular weight is 308 g/mol. The van der Waals surface area contributed by atoms with Crippen molar-refractivity contribution in [2.24, 2.45) is 0 Å². The van der Waals surface area contributed by atoms with Crippen LogP contribution in [0.4, 0.5) is 11.5 Å². The largest absolute Gasteiger partial charge is 0.465 e. The van der Waals surface area contributed by atoms with Crippen LogP contribution in [0.15, 0.2) is 41.3 Å². The fourth-order valence-corrected chi connectivity index (χ4v) is 1.74. The SMILES string of the molecule is COC(=O)c1ccnc(Nc2cncc(Br)c2)c1. The standard InChI is InChI=1S/C12H10BrN3O2/c1-18-12(17)8-2-3-15-11(4-8)16-10-5-9(13)6-14-7-10/h2-7H,1H3,(H,15,16). The first kappa shape index (κ1) is 12.5. The summed E-state index contributed by atoms with van der Waals surface area (Å²) in [5.74, 6) is 0.158. The molecule has 0 saturated heterocycles. The number of anilines is 2. The van der Waals surface area contributed by atoms with Gasteiger partial charge >= 0.3 is 5.97 Å². The van der Waals surface area contributed by atoms with Gasteiger partial charge in [-0.05, 0) is 34.1 Å². The van der Waals surface area contributed by atoms with E-state index in [0.29, 0.717) is 11.4 Å². The van der Waals surface area contributed by atoms with Crippen LogP contribution in [-0.4, -0.2) is 23.0 Å². The topological polar surface area (TPSA) is 64.1 Å². The highest BCUT2D eigenvalue weighted by atomic mass is 79.9. The molecule has 0 amide bonds. The Kier molecular flexibility index (Phi) is 3.88. The van der Waals surface area contributed by atoms with E-state index in [1.165, 1.54) is 7.11 Å². The Morgan fingerprint density at radius 2 is 2.22 bits per heavy atom. The zero-order valence-electron chi connectivity index (χ0n) is 9.55. The molecular formula is C12H10BrN3O2. The molecule has 2 aromatic heterocycles. The summed E-state index contributed by atoms with van der Waals surface area (Å²) >= 11 is 3.33. The van der Waals surface area contributed by atoms with E-state index in [0.717, 1.165) is 10.2 Å². The number of hydrogen-bond donors (Lipinski definition) is 1. The minimum atomic E-state index is -0.396. The van der Waals surface area contributed by atoms with E-state index in [9.17, 15) is 4.79 Å². The zero-order valence-corrected chi connectivity index (χ0v) is 11.1. The first-order chi connectivity index (χ1) is 8.69. The summed E-state index contributed by atoms with van der Waals surface area (Å²) in [6.45, 7) is 0. The summed E-state index contributed by atoms with van der Waals surface area (Å²) in [5, 5.41) is 3.05. The van der Waals surface area contributed by atoms with E-state index in [4.69, 9.17) is 0 Å². The lowest BCUT2D eigenvalue weighted by Crippen LogP contribution is -2.03. The lowest BCUT2D eigenvalue weighted by molar-refractivity contribution is 0.0600. The number of hydrogen-bond acceptors (Lipinski definition) is 5. The van der Waals surface area contributed by atoms with Gasteiger partial charge in [0.1, 0.15) is 5.82 Å². The second-order valence-corrected chi connectivity index (χ2v) is 4.35. The molecule has 0 radical (unpaired) electrons. The van der Waals surface area contributed by atoms with Gasteiger partial charge in [-0.1, -0.05) is 0 Å². The Hall–Kier alpha value is -1.95. The Bertz CT molecular complexity index is 575. The predicted molar refractivity (Wildman–Crippen MR) is 70.8 cm³/mol. The van der Waals surface area contributed by atoms with Gasteiger partial charge in [-0.25, -0.2) is 9.78 Å². The molecule has 0 aliphatic heterocycles. The Balaban J connectivity index is 2.22. The molecule has 18 heavy (non-hydrogen) atoms. The third kappa shape index (κ3) is 3.04. The first-order valence-electron chi connectivity index (χ1n) is 5.11. The fraction of sp³-hybridized carbons (Fsp3) is 0.0833. The van der Waals surface area contributed by atoms with Gasteiger partial charge in [0.2, 0.25) is 0 Å². The van der Waals surface area contributed by atoms with Crippen LogP contribution in [0.25, 0.3) is 0 Å². The second kappa shape index (κ2) is 5.59. The van der Waals surface area contributed by atoms with Crippen LogP contribution in [0.1, 0.15) is 10.4 Å². The van der Waals surface area contributed by atoms with Crippen molar-refractivity contribution in [2.75, 3.05) is 12.4 Å². The molecule has 0 aromatic carbocycles. The molecule has 0 fully saturated rings. The molecule has 0 bridgehead atoms. The van der Waals surface area contributed by atoms with Gasteiger partial charge in [0.05, 0.1) is 24.6 Å². The third-order valence-corrected chi connectivity index (χ3v) is 2.59. The molecule has 1 N–H and O–H groups in total. The lowest BCUT2D eigenvalue weighted by Gasteiger charge is -2.06. The van der Waals surface area contributed by atoms with Crippen molar-refractivity contribution in [2.45, 2.75) is 0 Å². The van der Waals surface area contributed by atoms with Gasteiger partial charge in [-0.2, -0.15) is 0 Å². The molecule has 5 nitrogen and oxygen atoms in total. The Labute approximate surface area is 112 Å². The number of nitrogens with zero attached hydrogens (tertiary/aromatic N) is 2. The number of carbonyl (C=O) groups is 1. The monoisotopic (exact) mass is 307 g/mol. The van der Waals surface area contributed by atoms with Crippen molar-refractivity contribution in [1.82, 2.24) is 9.97 Å². The number of aromatic nitrogens is 2. The van der Waals surface area contributed by atoms with E-state index < -0.39 is 5.97 Å².